The fourth-order valence-corrected chi connectivity index (χ4v) is 3.46. The van der Waals surface area contributed by atoms with E-state index in [1.807, 2.05) is 62.4 Å². The number of anilines is 1. The van der Waals surface area contributed by atoms with Crippen LogP contribution in [0, 0.1) is 6.92 Å². The van der Waals surface area contributed by atoms with Gasteiger partial charge in [0.1, 0.15) is 17.6 Å². The third-order valence-electron chi connectivity index (χ3n) is 5.03. The van der Waals surface area contributed by atoms with Crippen molar-refractivity contribution in [2.75, 3.05) is 18.5 Å². The van der Waals surface area contributed by atoms with Gasteiger partial charge in [-0.15, -0.1) is 0 Å². The van der Waals surface area contributed by atoms with Crippen LogP contribution in [0.5, 0.6) is 5.75 Å². The van der Waals surface area contributed by atoms with Crippen LogP contribution in [0.2, 0.25) is 0 Å². The summed E-state index contributed by atoms with van der Waals surface area (Å²) in [5.74, 6) is 1.42. The number of hydrogen-bond donors (Lipinski definition) is 1. The van der Waals surface area contributed by atoms with E-state index in [-0.39, 0.29) is 18.5 Å². The summed E-state index contributed by atoms with van der Waals surface area (Å²) in [6.07, 6.45) is 2.24. The van der Waals surface area contributed by atoms with Gasteiger partial charge in [0.05, 0.1) is 25.1 Å². The van der Waals surface area contributed by atoms with E-state index in [0.717, 1.165) is 28.5 Å². The Morgan fingerprint density at radius 1 is 1.17 bits per heavy atom. The van der Waals surface area contributed by atoms with Crippen molar-refractivity contribution in [3.05, 3.63) is 83.8 Å². The molecule has 4 rings (SSSR count). The highest BCUT2D eigenvalue weighted by atomic mass is 16.5. The molecule has 2 aromatic carbocycles. The number of nitrogens with one attached hydrogen (secondary N) is 1. The predicted molar refractivity (Wildman–Crippen MR) is 117 cm³/mol. The summed E-state index contributed by atoms with van der Waals surface area (Å²) in [6, 6.07) is 19.2. The average Bonchev–Trinajstić information content (AvgIpc) is 3.44. The minimum atomic E-state index is -0.245. The molecule has 1 aliphatic rings. The van der Waals surface area contributed by atoms with E-state index in [1.54, 1.807) is 6.26 Å². The number of nitrogens with zero attached hydrogens (tertiary/aromatic N) is 2. The molecule has 0 fully saturated rings. The lowest BCUT2D eigenvalue weighted by atomic mass is 10.0. The molecule has 1 aliphatic heterocycles. The summed E-state index contributed by atoms with van der Waals surface area (Å²) >= 11 is 0. The van der Waals surface area contributed by atoms with Crippen molar-refractivity contribution in [1.82, 2.24) is 5.01 Å². The van der Waals surface area contributed by atoms with E-state index in [4.69, 9.17) is 9.15 Å². The van der Waals surface area contributed by atoms with E-state index in [2.05, 4.69) is 22.6 Å². The smallest absolute Gasteiger partial charge is 0.262 e. The van der Waals surface area contributed by atoms with E-state index in [1.165, 1.54) is 10.6 Å². The van der Waals surface area contributed by atoms with Crippen molar-refractivity contribution in [1.29, 1.82) is 0 Å². The first kappa shape index (κ1) is 19.8. The van der Waals surface area contributed by atoms with Crippen LogP contribution in [-0.2, 0) is 4.79 Å². The van der Waals surface area contributed by atoms with Gasteiger partial charge in [0.2, 0.25) is 0 Å². The lowest BCUT2D eigenvalue weighted by molar-refractivity contribution is -0.131. The van der Waals surface area contributed by atoms with Crippen LogP contribution in [0.15, 0.2) is 76.4 Å². The Morgan fingerprint density at radius 2 is 1.93 bits per heavy atom. The SMILES string of the molecule is CCOc1ccc(NCC(=O)N2N=C(c3ccc(C)cc3)CC2c2ccco2)cc1. The maximum Gasteiger partial charge on any atom is 0.262 e. The molecule has 0 bridgehead atoms. The normalized spacial score (nSPS) is 15.7. The maximum absolute atomic E-state index is 13.0. The predicted octanol–water partition coefficient (Wildman–Crippen LogP) is 4.78. The number of hydrogen-bond acceptors (Lipinski definition) is 5. The van der Waals surface area contributed by atoms with E-state index < -0.39 is 0 Å². The third kappa shape index (κ3) is 4.38. The molecule has 30 heavy (non-hydrogen) atoms. The van der Waals surface area contributed by atoms with E-state index in [9.17, 15) is 4.79 Å². The molecule has 1 amide bonds. The number of amides is 1. The highest BCUT2D eigenvalue weighted by Crippen LogP contribution is 2.33. The largest absolute Gasteiger partial charge is 0.494 e. The van der Waals surface area contributed by atoms with Crippen molar-refractivity contribution >= 4 is 17.3 Å². The molecule has 1 aromatic heterocycles. The van der Waals surface area contributed by atoms with E-state index >= 15 is 0 Å². The second kappa shape index (κ2) is 8.86. The lowest BCUT2D eigenvalue weighted by Crippen LogP contribution is -2.32. The molecule has 1 atom stereocenters. The Labute approximate surface area is 176 Å². The van der Waals surface area contributed by atoms with Crippen molar-refractivity contribution in [2.24, 2.45) is 5.10 Å². The highest BCUT2D eigenvalue weighted by Gasteiger charge is 2.34. The molecule has 2 heterocycles. The number of carbonyl (C=O) groups excluding carboxylic acids is 1. The van der Waals surface area contributed by atoms with Crippen LogP contribution in [0.4, 0.5) is 5.69 Å². The summed E-state index contributed by atoms with van der Waals surface area (Å²) in [7, 11) is 0. The molecular formula is C24H25N3O3. The minimum Gasteiger partial charge on any atom is -0.494 e. The van der Waals surface area contributed by atoms with Gasteiger partial charge in [0.25, 0.3) is 5.91 Å². The van der Waals surface area contributed by atoms with Gasteiger partial charge in [-0.25, -0.2) is 5.01 Å². The fraction of sp³-hybridized carbons (Fsp3) is 0.250. The van der Waals surface area contributed by atoms with Crippen LogP contribution < -0.4 is 10.1 Å². The third-order valence-corrected chi connectivity index (χ3v) is 5.03. The molecule has 6 heteroatoms. The van der Waals surface area contributed by atoms with Gasteiger partial charge >= 0.3 is 0 Å². The lowest BCUT2D eigenvalue weighted by Gasteiger charge is -2.20. The summed E-state index contributed by atoms with van der Waals surface area (Å²) in [5, 5.41) is 9.37. The number of aryl methyl sites for hydroxylation is 1. The monoisotopic (exact) mass is 403 g/mol. The van der Waals surface area contributed by atoms with Crippen LogP contribution in [0.3, 0.4) is 0 Å². The van der Waals surface area contributed by atoms with E-state index in [0.29, 0.717) is 13.0 Å². The van der Waals surface area contributed by atoms with Gasteiger partial charge in [0.15, 0.2) is 0 Å². The van der Waals surface area contributed by atoms with Crippen molar-refractivity contribution in [3.8, 4) is 5.75 Å². The molecule has 1 unspecified atom stereocenters. The molecule has 0 saturated carbocycles. The van der Waals surface area contributed by atoms with Crippen molar-refractivity contribution in [2.45, 2.75) is 26.3 Å². The standard InChI is InChI=1S/C24H25N3O3/c1-3-29-20-12-10-19(11-13-20)25-16-24(28)27-22(23-5-4-14-30-23)15-21(26-27)18-8-6-17(2)7-9-18/h4-14,22,25H,3,15-16H2,1-2H3. The number of furan rings is 1. The second-order valence-corrected chi connectivity index (χ2v) is 7.20. The van der Waals surface area contributed by atoms with Crippen molar-refractivity contribution in [3.63, 3.8) is 0 Å². The van der Waals surface area contributed by atoms with Crippen LogP contribution in [0.1, 0.15) is 36.3 Å². The van der Waals surface area contributed by atoms with Crippen LogP contribution in [-0.4, -0.2) is 29.8 Å². The Morgan fingerprint density at radius 3 is 2.60 bits per heavy atom. The molecule has 154 valence electrons. The molecule has 6 nitrogen and oxygen atoms in total. The number of ether oxygens (including phenoxy) is 1. The van der Waals surface area contributed by atoms with Gasteiger partial charge in [0, 0.05) is 12.1 Å². The maximum atomic E-state index is 13.0. The summed E-state index contributed by atoms with van der Waals surface area (Å²) in [6.45, 7) is 4.75. The topological polar surface area (TPSA) is 67.1 Å². The minimum absolute atomic E-state index is 0.118. The molecule has 3 aromatic rings. The molecule has 0 aliphatic carbocycles. The molecule has 0 saturated heterocycles. The summed E-state index contributed by atoms with van der Waals surface area (Å²) < 4.78 is 11.1. The first-order valence-corrected chi connectivity index (χ1v) is 10.1. The molecule has 0 radical (unpaired) electrons. The Bertz CT molecular complexity index is 1010. The van der Waals surface area contributed by atoms with Gasteiger partial charge < -0.3 is 14.5 Å². The summed E-state index contributed by atoms with van der Waals surface area (Å²) in [5.41, 5.74) is 3.94. The zero-order chi connectivity index (χ0) is 20.9. The number of rotatable bonds is 7. The van der Waals surface area contributed by atoms with Crippen molar-refractivity contribution < 1.29 is 13.9 Å². The Balaban J connectivity index is 1.49. The highest BCUT2D eigenvalue weighted by molar-refractivity contribution is 6.03. The fourth-order valence-electron chi connectivity index (χ4n) is 3.46. The first-order chi connectivity index (χ1) is 14.6. The zero-order valence-electron chi connectivity index (χ0n) is 17.2. The molecule has 1 N–H and O–H groups in total. The van der Waals surface area contributed by atoms with Crippen LogP contribution in [0.25, 0.3) is 0 Å². The number of carbonyl (C=O) groups is 1. The average molecular weight is 403 g/mol. The van der Waals surface area contributed by atoms with Gasteiger partial charge in [-0.3, -0.25) is 4.79 Å². The quantitative estimate of drug-likeness (QED) is 0.617. The van der Waals surface area contributed by atoms with Gasteiger partial charge in [-0.1, -0.05) is 29.8 Å². The Kier molecular flexibility index (Phi) is 5.84. The van der Waals surface area contributed by atoms with Crippen LogP contribution >= 0.6 is 0 Å². The number of benzene rings is 2. The molecule has 0 spiro atoms. The Hall–Kier alpha value is -3.54. The second-order valence-electron chi connectivity index (χ2n) is 7.20. The molecular weight excluding hydrogens is 378 g/mol. The first-order valence-electron chi connectivity index (χ1n) is 10.1. The number of hydrazone groups is 1. The zero-order valence-corrected chi connectivity index (χ0v) is 17.2. The summed E-state index contributed by atoms with van der Waals surface area (Å²) in [4.78, 5) is 13.0. The van der Waals surface area contributed by atoms with Gasteiger partial charge in [-0.05, 0) is 55.8 Å². The van der Waals surface area contributed by atoms with Gasteiger partial charge in [-0.2, -0.15) is 5.10 Å².